The standard InChI is InChI=1S/C13H15ClN2O2/c1-15(2)13(18)9-7-12(17)16(8-9)11-6-4-3-5-10(11)14/h3-6,9H,7-8H2,1-2H3. The minimum Gasteiger partial charge on any atom is -0.349 e. The van der Waals surface area contributed by atoms with E-state index >= 15 is 0 Å². The summed E-state index contributed by atoms with van der Waals surface area (Å²) < 4.78 is 0. The lowest BCUT2D eigenvalue weighted by Gasteiger charge is -2.19. The second-order valence-corrected chi connectivity index (χ2v) is 5.00. The number of rotatable bonds is 2. The second-order valence-electron chi connectivity index (χ2n) is 4.59. The van der Waals surface area contributed by atoms with E-state index in [0.29, 0.717) is 17.3 Å². The zero-order valence-corrected chi connectivity index (χ0v) is 11.1. The van der Waals surface area contributed by atoms with Crippen molar-refractivity contribution in [2.24, 2.45) is 5.92 Å². The molecule has 1 saturated heterocycles. The summed E-state index contributed by atoms with van der Waals surface area (Å²) in [6, 6.07) is 7.18. The van der Waals surface area contributed by atoms with E-state index in [0.717, 1.165) is 0 Å². The molecular formula is C13H15ClN2O2. The number of para-hydroxylation sites is 1. The van der Waals surface area contributed by atoms with E-state index in [1.807, 2.05) is 12.1 Å². The molecule has 96 valence electrons. The number of carbonyl (C=O) groups is 2. The molecule has 2 rings (SSSR count). The Bertz CT molecular complexity index is 488. The number of hydrogen-bond acceptors (Lipinski definition) is 2. The van der Waals surface area contributed by atoms with Crippen molar-refractivity contribution in [3.63, 3.8) is 0 Å². The minimum absolute atomic E-state index is 0.0158. The molecule has 0 spiro atoms. The van der Waals surface area contributed by atoms with Crippen LogP contribution in [0.3, 0.4) is 0 Å². The van der Waals surface area contributed by atoms with Gasteiger partial charge in [0.1, 0.15) is 0 Å². The molecule has 0 aromatic heterocycles. The van der Waals surface area contributed by atoms with Crippen molar-refractivity contribution in [3.8, 4) is 0 Å². The Morgan fingerprint density at radius 3 is 2.67 bits per heavy atom. The van der Waals surface area contributed by atoms with Crippen molar-refractivity contribution in [2.45, 2.75) is 6.42 Å². The average molecular weight is 267 g/mol. The third kappa shape index (κ3) is 2.34. The lowest BCUT2D eigenvalue weighted by Crippen LogP contribution is -2.32. The number of benzene rings is 1. The van der Waals surface area contributed by atoms with E-state index < -0.39 is 0 Å². The van der Waals surface area contributed by atoms with Crippen LogP contribution in [-0.4, -0.2) is 37.4 Å². The Morgan fingerprint density at radius 1 is 1.39 bits per heavy atom. The number of amides is 2. The van der Waals surface area contributed by atoms with E-state index in [2.05, 4.69) is 0 Å². The molecule has 1 fully saturated rings. The van der Waals surface area contributed by atoms with Crippen molar-refractivity contribution in [3.05, 3.63) is 29.3 Å². The van der Waals surface area contributed by atoms with Gasteiger partial charge in [0.2, 0.25) is 11.8 Å². The molecule has 1 aliphatic rings. The molecule has 18 heavy (non-hydrogen) atoms. The minimum atomic E-state index is -0.274. The first kappa shape index (κ1) is 12.9. The molecule has 2 amide bonds. The average Bonchev–Trinajstić information content (AvgIpc) is 2.71. The van der Waals surface area contributed by atoms with Crippen LogP contribution in [0.15, 0.2) is 24.3 Å². The summed E-state index contributed by atoms with van der Waals surface area (Å²) in [5.74, 6) is -0.343. The molecule has 4 nitrogen and oxygen atoms in total. The first-order valence-corrected chi connectivity index (χ1v) is 6.14. The molecule has 0 bridgehead atoms. The molecule has 0 radical (unpaired) electrons. The molecule has 5 heteroatoms. The summed E-state index contributed by atoms with van der Waals surface area (Å²) in [6.07, 6.45) is 0.252. The predicted octanol–water partition coefficient (Wildman–Crippen LogP) is 1.78. The van der Waals surface area contributed by atoms with E-state index in [-0.39, 0.29) is 24.2 Å². The lowest BCUT2D eigenvalue weighted by molar-refractivity contribution is -0.133. The smallest absolute Gasteiger partial charge is 0.227 e. The van der Waals surface area contributed by atoms with Crippen molar-refractivity contribution in [1.29, 1.82) is 0 Å². The largest absolute Gasteiger partial charge is 0.349 e. The van der Waals surface area contributed by atoms with Crippen LogP contribution in [0.5, 0.6) is 0 Å². The number of carbonyl (C=O) groups excluding carboxylic acids is 2. The summed E-state index contributed by atoms with van der Waals surface area (Å²) in [6.45, 7) is 0.402. The van der Waals surface area contributed by atoms with Gasteiger partial charge in [-0.3, -0.25) is 9.59 Å². The van der Waals surface area contributed by atoms with Gasteiger partial charge in [-0.1, -0.05) is 23.7 Å². The Morgan fingerprint density at radius 2 is 2.06 bits per heavy atom. The number of hydrogen-bond donors (Lipinski definition) is 0. The zero-order chi connectivity index (χ0) is 13.3. The van der Waals surface area contributed by atoms with Gasteiger partial charge >= 0.3 is 0 Å². The van der Waals surface area contributed by atoms with E-state index in [1.165, 1.54) is 4.90 Å². The Kier molecular flexibility index (Phi) is 3.57. The summed E-state index contributed by atoms with van der Waals surface area (Å²) in [7, 11) is 3.40. The van der Waals surface area contributed by atoms with Crippen molar-refractivity contribution >= 4 is 29.1 Å². The van der Waals surface area contributed by atoms with Crippen LogP contribution in [-0.2, 0) is 9.59 Å². The Labute approximate surface area is 111 Å². The fourth-order valence-electron chi connectivity index (χ4n) is 2.14. The second kappa shape index (κ2) is 4.98. The predicted molar refractivity (Wildman–Crippen MR) is 70.6 cm³/mol. The molecular weight excluding hydrogens is 252 g/mol. The molecule has 1 aromatic carbocycles. The molecule has 1 aliphatic heterocycles. The van der Waals surface area contributed by atoms with E-state index in [9.17, 15) is 9.59 Å². The fraction of sp³-hybridized carbons (Fsp3) is 0.385. The number of nitrogens with zero attached hydrogens (tertiary/aromatic N) is 2. The van der Waals surface area contributed by atoms with Crippen LogP contribution in [0.1, 0.15) is 6.42 Å². The van der Waals surface area contributed by atoms with E-state index in [4.69, 9.17) is 11.6 Å². The SMILES string of the molecule is CN(C)C(=O)C1CC(=O)N(c2ccccc2Cl)C1. The van der Waals surface area contributed by atoms with E-state index in [1.54, 1.807) is 31.1 Å². The van der Waals surface area contributed by atoms with Gasteiger partial charge in [-0.2, -0.15) is 0 Å². The highest BCUT2D eigenvalue weighted by Gasteiger charge is 2.36. The van der Waals surface area contributed by atoms with Gasteiger partial charge in [0.25, 0.3) is 0 Å². The molecule has 0 saturated carbocycles. The number of halogens is 1. The monoisotopic (exact) mass is 266 g/mol. The van der Waals surface area contributed by atoms with Gasteiger partial charge < -0.3 is 9.80 Å². The van der Waals surface area contributed by atoms with Gasteiger partial charge in [-0.25, -0.2) is 0 Å². The molecule has 1 unspecified atom stereocenters. The highest BCUT2D eigenvalue weighted by Crippen LogP contribution is 2.31. The van der Waals surface area contributed by atoms with Crippen LogP contribution in [0, 0.1) is 5.92 Å². The molecule has 1 aromatic rings. The normalized spacial score (nSPS) is 19.2. The molecule has 0 aliphatic carbocycles. The summed E-state index contributed by atoms with van der Waals surface area (Å²) in [5.41, 5.74) is 0.679. The van der Waals surface area contributed by atoms with Crippen molar-refractivity contribution in [1.82, 2.24) is 4.90 Å². The van der Waals surface area contributed by atoms with Gasteiger partial charge in [0, 0.05) is 27.1 Å². The van der Waals surface area contributed by atoms with Gasteiger partial charge in [-0.05, 0) is 12.1 Å². The van der Waals surface area contributed by atoms with Gasteiger partial charge in [-0.15, -0.1) is 0 Å². The van der Waals surface area contributed by atoms with Crippen LogP contribution in [0.4, 0.5) is 5.69 Å². The Hall–Kier alpha value is -1.55. The van der Waals surface area contributed by atoms with Gasteiger partial charge in [0.15, 0.2) is 0 Å². The molecule has 1 heterocycles. The number of anilines is 1. The lowest BCUT2D eigenvalue weighted by atomic mass is 10.1. The van der Waals surface area contributed by atoms with Crippen molar-refractivity contribution < 1.29 is 9.59 Å². The van der Waals surface area contributed by atoms with Crippen molar-refractivity contribution in [2.75, 3.05) is 25.5 Å². The summed E-state index contributed by atoms with van der Waals surface area (Å²) in [4.78, 5) is 26.9. The van der Waals surface area contributed by atoms with Crippen LogP contribution in [0.25, 0.3) is 0 Å². The third-order valence-corrected chi connectivity index (χ3v) is 3.38. The van der Waals surface area contributed by atoms with Crippen LogP contribution >= 0.6 is 11.6 Å². The molecule has 1 atom stereocenters. The fourth-order valence-corrected chi connectivity index (χ4v) is 2.38. The quantitative estimate of drug-likeness (QED) is 0.819. The first-order valence-electron chi connectivity index (χ1n) is 5.76. The maximum atomic E-state index is 12.0. The zero-order valence-electron chi connectivity index (χ0n) is 10.4. The summed E-state index contributed by atoms with van der Waals surface area (Å²) in [5, 5.41) is 0.531. The Balaban J connectivity index is 2.20. The first-order chi connectivity index (χ1) is 8.50. The maximum Gasteiger partial charge on any atom is 0.227 e. The van der Waals surface area contributed by atoms with Gasteiger partial charge in [0.05, 0.1) is 16.6 Å². The molecule has 0 N–H and O–H groups in total. The summed E-state index contributed by atoms with van der Waals surface area (Å²) >= 11 is 6.07. The highest BCUT2D eigenvalue weighted by atomic mass is 35.5. The van der Waals surface area contributed by atoms with Crippen LogP contribution in [0.2, 0.25) is 5.02 Å². The topological polar surface area (TPSA) is 40.6 Å². The highest BCUT2D eigenvalue weighted by molar-refractivity contribution is 6.33. The third-order valence-electron chi connectivity index (χ3n) is 3.06. The maximum absolute atomic E-state index is 12.0. The van der Waals surface area contributed by atoms with Crippen LogP contribution < -0.4 is 4.90 Å².